The van der Waals surface area contributed by atoms with Gasteiger partial charge >= 0.3 is 5.97 Å². The van der Waals surface area contributed by atoms with Crippen molar-refractivity contribution in [1.82, 2.24) is 4.57 Å². The lowest BCUT2D eigenvalue weighted by atomic mass is 10.2. The summed E-state index contributed by atoms with van der Waals surface area (Å²) >= 11 is 0. The predicted molar refractivity (Wildman–Crippen MR) is 72.2 cm³/mol. The molecule has 1 aromatic rings. The predicted octanol–water partition coefficient (Wildman–Crippen LogP) is 1.69. The van der Waals surface area contributed by atoms with Gasteiger partial charge in [-0.25, -0.2) is 4.79 Å². The number of pyridine rings is 1. The molecule has 0 spiro atoms. The minimum absolute atomic E-state index is 0.195. The molecular weight excluding hydrogens is 246 g/mol. The SMILES string of the molecule is CCOCCOC(=O)C(CC)n1cc(C)ccc1=O. The summed E-state index contributed by atoms with van der Waals surface area (Å²) in [4.78, 5) is 23.7. The zero-order valence-corrected chi connectivity index (χ0v) is 11.7. The molecule has 0 saturated carbocycles. The van der Waals surface area contributed by atoms with Crippen LogP contribution in [0.15, 0.2) is 23.1 Å². The van der Waals surface area contributed by atoms with E-state index in [-0.39, 0.29) is 12.2 Å². The monoisotopic (exact) mass is 267 g/mol. The Balaban J connectivity index is 2.74. The van der Waals surface area contributed by atoms with Gasteiger partial charge < -0.3 is 14.0 Å². The Hall–Kier alpha value is -1.62. The maximum Gasteiger partial charge on any atom is 0.329 e. The Bertz CT molecular complexity index is 467. The first-order chi connectivity index (χ1) is 9.10. The standard InChI is InChI=1S/C14H21NO4/c1-4-12(14(17)19-9-8-18-5-2)15-10-11(3)6-7-13(15)16/h6-7,10,12H,4-5,8-9H2,1-3H3. The molecule has 0 saturated heterocycles. The number of nitrogens with zero attached hydrogens (tertiary/aromatic N) is 1. The van der Waals surface area contributed by atoms with Gasteiger partial charge in [-0.2, -0.15) is 0 Å². The van der Waals surface area contributed by atoms with Crippen molar-refractivity contribution in [2.45, 2.75) is 33.2 Å². The molecule has 5 nitrogen and oxygen atoms in total. The molecule has 0 N–H and O–H groups in total. The van der Waals surface area contributed by atoms with E-state index in [0.29, 0.717) is 19.6 Å². The summed E-state index contributed by atoms with van der Waals surface area (Å²) in [5, 5.41) is 0. The summed E-state index contributed by atoms with van der Waals surface area (Å²) in [5.41, 5.74) is 0.736. The van der Waals surface area contributed by atoms with Gasteiger partial charge in [0.25, 0.3) is 5.56 Å². The quantitative estimate of drug-likeness (QED) is 0.557. The largest absolute Gasteiger partial charge is 0.462 e. The van der Waals surface area contributed by atoms with Gasteiger partial charge in [0.2, 0.25) is 0 Å². The molecule has 106 valence electrons. The van der Waals surface area contributed by atoms with Gasteiger partial charge in [-0.15, -0.1) is 0 Å². The molecule has 0 aromatic carbocycles. The van der Waals surface area contributed by atoms with Crippen molar-refractivity contribution in [2.75, 3.05) is 19.8 Å². The van der Waals surface area contributed by atoms with E-state index in [1.807, 2.05) is 20.8 Å². The summed E-state index contributed by atoms with van der Waals surface area (Å²) in [7, 11) is 0. The number of carbonyl (C=O) groups excluding carboxylic acids is 1. The molecule has 0 aliphatic rings. The van der Waals surface area contributed by atoms with Gasteiger partial charge in [-0.05, 0) is 25.8 Å². The average Bonchev–Trinajstić information content (AvgIpc) is 2.39. The van der Waals surface area contributed by atoms with Crippen molar-refractivity contribution in [1.29, 1.82) is 0 Å². The molecule has 0 amide bonds. The highest BCUT2D eigenvalue weighted by molar-refractivity contribution is 5.74. The van der Waals surface area contributed by atoms with Crippen LogP contribution in [0.5, 0.6) is 0 Å². The van der Waals surface area contributed by atoms with Crippen molar-refractivity contribution < 1.29 is 14.3 Å². The van der Waals surface area contributed by atoms with Gasteiger partial charge in [-0.3, -0.25) is 4.79 Å². The van der Waals surface area contributed by atoms with E-state index < -0.39 is 12.0 Å². The molecule has 0 fully saturated rings. The van der Waals surface area contributed by atoms with E-state index in [0.717, 1.165) is 5.56 Å². The fraction of sp³-hybridized carbons (Fsp3) is 0.571. The average molecular weight is 267 g/mol. The number of hydrogen-bond acceptors (Lipinski definition) is 4. The highest BCUT2D eigenvalue weighted by Gasteiger charge is 2.20. The number of hydrogen-bond donors (Lipinski definition) is 0. The van der Waals surface area contributed by atoms with E-state index >= 15 is 0 Å². The van der Waals surface area contributed by atoms with E-state index in [1.165, 1.54) is 10.6 Å². The number of aryl methyl sites for hydroxylation is 1. The minimum atomic E-state index is -0.575. The topological polar surface area (TPSA) is 57.5 Å². The maximum absolute atomic E-state index is 12.0. The Morgan fingerprint density at radius 2 is 2.05 bits per heavy atom. The van der Waals surface area contributed by atoms with Crippen LogP contribution < -0.4 is 5.56 Å². The van der Waals surface area contributed by atoms with Crippen molar-refractivity contribution in [3.05, 3.63) is 34.2 Å². The number of esters is 1. The molecule has 0 bridgehead atoms. The summed E-state index contributed by atoms with van der Waals surface area (Å²) in [6.45, 7) is 6.78. The summed E-state index contributed by atoms with van der Waals surface area (Å²) in [6, 6.07) is 2.62. The van der Waals surface area contributed by atoms with Crippen LogP contribution in [0.2, 0.25) is 0 Å². The zero-order chi connectivity index (χ0) is 14.3. The molecule has 1 aromatic heterocycles. The van der Waals surface area contributed by atoms with Crippen LogP contribution >= 0.6 is 0 Å². The Morgan fingerprint density at radius 1 is 1.32 bits per heavy atom. The van der Waals surface area contributed by atoms with E-state index in [1.54, 1.807) is 12.3 Å². The Kier molecular flexibility index (Phi) is 6.29. The van der Waals surface area contributed by atoms with Crippen LogP contribution in [-0.4, -0.2) is 30.4 Å². The smallest absolute Gasteiger partial charge is 0.329 e. The van der Waals surface area contributed by atoms with E-state index in [4.69, 9.17) is 9.47 Å². The molecule has 1 unspecified atom stereocenters. The summed E-state index contributed by atoms with van der Waals surface area (Å²) < 4.78 is 11.7. The number of rotatable bonds is 7. The molecule has 1 atom stereocenters. The van der Waals surface area contributed by atoms with Crippen LogP contribution in [0.25, 0.3) is 0 Å². The molecule has 1 rings (SSSR count). The number of aromatic nitrogens is 1. The van der Waals surface area contributed by atoms with Crippen LogP contribution in [0.4, 0.5) is 0 Å². The second-order valence-corrected chi connectivity index (χ2v) is 4.24. The van der Waals surface area contributed by atoms with Crippen molar-refractivity contribution in [2.24, 2.45) is 0 Å². The first-order valence-electron chi connectivity index (χ1n) is 6.53. The third kappa shape index (κ3) is 4.52. The van der Waals surface area contributed by atoms with Gasteiger partial charge in [0.05, 0.1) is 6.61 Å². The van der Waals surface area contributed by atoms with Crippen molar-refractivity contribution >= 4 is 5.97 Å². The van der Waals surface area contributed by atoms with Gasteiger partial charge in [-0.1, -0.05) is 13.0 Å². The van der Waals surface area contributed by atoms with Gasteiger partial charge in [0, 0.05) is 18.9 Å². The van der Waals surface area contributed by atoms with Gasteiger partial charge in [0.1, 0.15) is 12.6 Å². The van der Waals surface area contributed by atoms with Crippen LogP contribution in [-0.2, 0) is 14.3 Å². The molecule has 0 aliphatic carbocycles. The lowest BCUT2D eigenvalue weighted by molar-refractivity contribution is -0.149. The fourth-order valence-electron chi connectivity index (χ4n) is 1.78. The third-order valence-electron chi connectivity index (χ3n) is 2.76. The number of carbonyl (C=O) groups is 1. The second-order valence-electron chi connectivity index (χ2n) is 4.24. The molecular formula is C14H21NO4. The normalized spacial score (nSPS) is 12.2. The van der Waals surface area contributed by atoms with Crippen LogP contribution in [0, 0.1) is 6.92 Å². The van der Waals surface area contributed by atoms with Crippen molar-refractivity contribution in [3.63, 3.8) is 0 Å². The summed E-state index contributed by atoms with van der Waals surface area (Å²) in [5.74, 6) is -0.394. The number of ether oxygens (including phenoxy) is 2. The first-order valence-corrected chi connectivity index (χ1v) is 6.53. The minimum Gasteiger partial charge on any atom is -0.462 e. The zero-order valence-electron chi connectivity index (χ0n) is 11.7. The lowest BCUT2D eigenvalue weighted by Crippen LogP contribution is -2.30. The van der Waals surface area contributed by atoms with E-state index in [2.05, 4.69) is 0 Å². The molecule has 0 radical (unpaired) electrons. The maximum atomic E-state index is 12.0. The molecule has 5 heteroatoms. The van der Waals surface area contributed by atoms with E-state index in [9.17, 15) is 9.59 Å². The fourth-order valence-corrected chi connectivity index (χ4v) is 1.78. The molecule has 0 aliphatic heterocycles. The molecule has 19 heavy (non-hydrogen) atoms. The highest BCUT2D eigenvalue weighted by Crippen LogP contribution is 2.11. The highest BCUT2D eigenvalue weighted by atomic mass is 16.6. The summed E-state index contributed by atoms with van der Waals surface area (Å²) in [6.07, 6.45) is 2.19. The first kappa shape index (κ1) is 15.4. The van der Waals surface area contributed by atoms with Gasteiger partial charge in [0.15, 0.2) is 0 Å². The lowest BCUT2D eigenvalue weighted by Gasteiger charge is -2.17. The third-order valence-corrected chi connectivity index (χ3v) is 2.76. The van der Waals surface area contributed by atoms with Crippen LogP contribution in [0.1, 0.15) is 31.9 Å². The van der Waals surface area contributed by atoms with Crippen molar-refractivity contribution in [3.8, 4) is 0 Å². The Morgan fingerprint density at radius 3 is 2.68 bits per heavy atom. The second kappa shape index (κ2) is 7.74. The Labute approximate surface area is 113 Å². The molecule has 1 heterocycles. The van der Waals surface area contributed by atoms with Crippen LogP contribution in [0.3, 0.4) is 0 Å².